The van der Waals surface area contributed by atoms with E-state index in [0.29, 0.717) is 16.0 Å². The molecule has 0 bridgehead atoms. The van der Waals surface area contributed by atoms with Crippen molar-refractivity contribution in [1.29, 1.82) is 0 Å². The van der Waals surface area contributed by atoms with Gasteiger partial charge in [-0.2, -0.15) is 0 Å². The molecule has 1 atom stereocenters. The normalized spacial score (nSPS) is 12.0. The summed E-state index contributed by atoms with van der Waals surface area (Å²) in [7, 11) is 1.58. The molecule has 3 aromatic heterocycles. The third-order valence-corrected chi connectivity index (χ3v) is 4.44. The fourth-order valence-electron chi connectivity index (χ4n) is 2.76. The SMILES string of the molecule is BC(Oc1cc(C)n(-c2cc(Br)ncc2C)c(=O)c1)c1ncc(F)cc1F. The van der Waals surface area contributed by atoms with E-state index in [4.69, 9.17) is 4.74 Å². The van der Waals surface area contributed by atoms with Crippen LogP contribution in [0.25, 0.3) is 5.69 Å². The summed E-state index contributed by atoms with van der Waals surface area (Å²) in [5, 5.41) is 0. The second-order valence-electron chi connectivity index (χ2n) is 6.08. The average Bonchev–Trinajstić information content (AvgIpc) is 2.57. The lowest BCUT2D eigenvalue weighted by atomic mass is 9.95. The predicted molar refractivity (Wildman–Crippen MR) is 103 cm³/mol. The van der Waals surface area contributed by atoms with Crippen LogP contribution in [0.1, 0.15) is 23.0 Å². The van der Waals surface area contributed by atoms with Gasteiger partial charge in [0.1, 0.15) is 27.9 Å². The fourth-order valence-corrected chi connectivity index (χ4v) is 3.08. The van der Waals surface area contributed by atoms with Gasteiger partial charge in [0.15, 0.2) is 13.7 Å². The smallest absolute Gasteiger partial charge is 0.259 e. The van der Waals surface area contributed by atoms with Gasteiger partial charge in [-0.3, -0.25) is 14.3 Å². The van der Waals surface area contributed by atoms with E-state index < -0.39 is 17.6 Å². The molecule has 0 aliphatic rings. The Labute approximate surface area is 163 Å². The minimum Gasteiger partial charge on any atom is -0.493 e. The van der Waals surface area contributed by atoms with Gasteiger partial charge in [-0.05, 0) is 41.4 Å². The highest BCUT2D eigenvalue weighted by Gasteiger charge is 2.17. The molecular weight excluding hydrogens is 419 g/mol. The molecule has 0 saturated carbocycles. The second kappa shape index (κ2) is 7.60. The quantitative estimate of drug-likeness (QED) is 0.468. The summed E-state index contributed by atoms with van der Waals surface area (Å²) >= 11 is 3.31. The van der Waals surface area contributed by atoms with Crippen LogP contribution in [0.4, 0.5) is 8.78 Å². The van der Waals surface area contributed by atoms with Crippen molar-refractivity contribution in [2.45, 2.75) is 19.9 Å². The molecule has 0 radical (unpaired) electrons. The molecule has 0 aliphatic carbocycles. The Morgan fingerprint density at radius 1 is 1.15 bits per heavy atom. The number of hydrogen-bond acceptors (Lipinski definition) is 4. The van der Waals surface area contributed by atoms with Gasteiger partial charge >= 0.3 is 0 Å². The van der Waals surface area contributed by atoms with Crippen LogP contribution < -0.4 is 10.3 Å². The molecule has 5 nitrogen and oxygen atoms in total. The molecular formula is C18H15BBrF2N3O2. The van der Waals surface area contributed by atoms with Gasteiger partial charge < -0.3 is 4.74 Å². The van der Waals surface area contributed by atoms with Crippen molar-refractivity contribution in [3.63, 3.8) is 0 Å². The fraction of sp³-hybridized carbons (Fsp3) is 0.167. The van der Waals surface area contributed by atoms with E-state index in [1.54, 1.807) is 33.1 Å². The Bertz CT molecular complexity index is 1070. The second-order valence-corrected chi connectivity index (χ2v) is 6.89. The van der Waals surface area contributed by atoms with Crippen LogP contribution in [-0.4, -0.2) is 22.4 Å². The van der Waals surface area contributed by atoms with Gasteiger partial charge in [0.05, 0.1) is 11.9 Å². The lowest BCUT2D eigenvalue weighted by Gasteiger charge is -2.18. The monoisotopic (exact) mass is 433 g/mol. The first-order valence-corrected chi connectivity index (χ1v) is 8.89. The lowest BCUT2D eigenvalue weighted by Crippen LogP contribution is -2.22. The van der Waals surface area contributed by atoms with Gasteiger partial charge in [0.2, 0.25) is 0 Å². The van der Waals surface area contributed by atoms with Gasteiger partial charge in [-0.15, -0.1) is 0 Å². The minimum absolute atomic E-state index is 0.0351. The number of ether oxygens (including phenoxy) is 1. The molecule has 0 N–H and O–H groups in total. The first-order valence-electron chi connectivity index (χ1n) is 8.10. The van der Waals surface area contributed by atoms with Crippen molar-refractivity contribution < 1.29 is 13.5 Å². The van der Waals surface area contributed by atoms with Crippen LogP contribution in [0.3, 0.4) is 0 Å². The van der Waals surface area contributed by atoms with Crippen LogP contribution in [0.5, 0.6) is 5.75 Å². The number of halogens is 3. The third-order valence-electron chi connectivity index (χ3n) is 4.01. The number of nitrogens with zero attached hydrogens (tertiary/aromatic N) is 3. The van der Waals surface area contributed by atoms with Crippen molar-refractivity contribution in [3.8, 4) is 11.4 Å². The maximum Gasteiger partial charge on any atom is 0.259 e. The molecule has 9 heteroatoms. The molecule has 0 aliphatic heterocycles. The Kier molecular flexibility index (Phi) is 5.41. The Hall–Kier alpha value is -2.55. The third kappa shape index (κ3) is 4.08. The zero-order valence-corrected chi connectivity index (χ0v) is 16.4. The van der Waals surface area contributed by atoms with Gasteiger partial charge in [-0.1, -0.05) is 0 Å². The number of rotatable bonds is 4. The Morgan fingerprint density at radius 3 is 2.56 bits per heavy atom. The van der Waals surface area contributed by atoms with Crippen molar-refractivity contribution in [2.75, 3.05) is 0 Å². The predicted octanol–water partition coefficient (Wildman–Crippen LogP) is 3.00. The van der Waals surface area contributed by atoms with Crippen LogP contribution in [0, 0.1) is 25.5 Å². The van der Waals surface area contributed by atoms with E-state index >= 15 is 0 Å². The highest BCUT2D eigenvalue weighted by Crippen LogP contribution is 2.23. The summed E-state index contributed by atoms with van der Waals surface area (Å²) in [5.41, 5.74) is 1.84. The number of aryl methyl sites for hydroxylation is 2. The maximum atomic E-state index is 13.9. The Balaban J connectivity index is 1.95. The van der Waals surface area contributed by atoms with Crippen LogP contribution in [-0.2, 0) is 0 Å². The van der Waals surface area contributed by atoms with Gasteiger partial charge in [-0.25, -0.2) is 13.8 Å². The van der Waals surface area contributed by atoms with Crippen LogP contribution in [0.2, 0.25) is 0 Å². The standard InChI is InChI=1S/C18H15BBrF2N3O2/c1-9-7-23-15(20)6-14(9)25-10(2)3-12(5-16(25)26)27-18(19)17-13(22)4-11(21)8-24-17/h3-8,18H,19H2,1-2H3. The molecule has 0 aromatic carbocycles. The summed E-state index contributed by atoms with van der Waals surface area (Å²) in [5.74, 6) is -1.29. The molecule has 0 spiro atoms. The maximum absolute atomic E-state index is 13.9. The highest BCUT2D eigenvalue weighted by molar-refractivity contribution is 9.10. The first kappa shape index (κ1) is 19.2. The van der Waals surface area contributed by atoms with E-state index in [2.05, 4.69) is 25.9 Å². The molecule has 1 unspecified atom stereocenters. The molecule has 138 valence electrons. The summed E-state index contributed by atoms with van der Waals surface area (Å²) in [6.45, 7) is 3.62. The van der Waals surface area contributed by atoms with Crippen molar-refractivity contribution in [2.24, 2.45) is 0 Å². The highest BCUT2D eigenvalue weighted by atomic mass is 79.9. The van der Waals surface area contributed by atoms with E-state index in [-0.39, 0.29) is 17.0 Å². The van der Waals surface area contributed by atoms with Crippen LogP contribution in [0.15, 0.2) is 46.1 Å². The number of pyridine rings is 3. The number of hydrogen-bond donors (Lipinski definition) is 0. The first-order chi connectivity index (χ1) is 12.8. The van der Waals surface area contributed by atoms with E-state index in [1.807, 2.05) is 6.92 Å². The zero-order chi connectivity index (χ0) is 19.7. The molecule has 0 fully saturated rings. The zero-order valence-electron chi connectivity index (χ0n) is 14.8. The van der Waals surface area contributed by atoms with E-state index in [9.17, 15) is 13.6 Å². The molecule has 3 heterocycles. The Morgan fingerprint density at radius 2 is 1.89 bits per heavy atom. The summed E-state index contributed by atoms with van der Waals surface area (Å²) in [6, 6.07) is 4.70. The van der Waals surface area contributed by atoms with Crippen molar-refractivity contribution in [1.82, 2.24) is 14.5 Å². The summed E-state index contributed by atoms with van der Waals surface area (Å²) in [4.78, 5) is 20.5. The van der Waals surface area contributed by atoms with E-state index in [0.717, 1.165) is 17.8 Å². The number of aromatic nitrogens is 3. The van der Waals surface area contributed by atoms with Gasteiger partial charge in [0.25, 0.3) is 5.56 Å². The average molecular weight is 434 g/mol. The molecule has 0 amide bonds. The summed E-state index contributed by atoms with van der Waals surface area (Å²) < 4.78 is 34.7. The molecule has 27 heavy (non-hydrogen) atoms. The molecule has 3 rings (SSSR count). The van der Waals surface area contributed by atoms with Crippen LogP contribution >= 0.6 is 15.9 Å². The minimum atomic E-state index is -0.801. The topological polar surface area (TPSA) is 57.0 Å². The molecule has 0 saturated heterocycles. The van der Waals surface area contributed by atoms with Crippen molar-refractivity contribution >= 4 is 23.8 Å². The summed E-state index contributed by atoms with van der Waals surface area (Å²) in [6.07, 6.45) is 2.59. The van der Waals surface area contributed by atoms with Gasteiger partial charge in [0, 0.05) is 30.1 Å². The largest absolute Gasteiger partial charge is 0.493 e. The molecule has 3 aromatic rings. The lowest BCUT2D eigenvalue weighted by molar-refractivity contribution is 0.274. The van der Waals surface area contributed by atoms with Crippen molar-refractivity contribution in [3.05, 3.63) is 80.2 Å². The van der Waals surface area contributed by atoms with E-state index in [1.165, 1.54) is 10.6 Å².